The molecular weight excluding hydrogens is 1420 g/mol. The Labute approximate surface area is 622 Å². The minimum absolute atomic E-state index is 0.0115. The maximum absolute atomic E-state index is 15.3. The normalized spacial score (nSPS) is 25.2. The second kappa shape index (κ2) is 43.6. The van der Waals surface area contributed by atoms with Gasteiger partial charge < -0.3 is 111 Å². The second-order valence-corrected chi connectivity index (χ2v) is 29.4. The molecule has 0 unspecified atom stereocenters. The summed E-state index contributed by atoms with van der Waals surface area (Å²) in [5.41, 5.74) is 23.0. The van der Waals surface area contributed by atoms with E-state index >= 15 is 14.4 Å². The molecule has 4 aliphatic rings. The molecule has 4 heterocycles. The molecule has 37 nitrogen and oxygen atoms in total. The number of hydrogen-bond donors (Lipinski definition) is 18. The van der Waals surface area contributed by atoms with Crippen molar-refractivity contribution >= 4 is 116 Å². The summed E-state index contributed by atoms with van der Waals surface area (Å²) in [5, 5.41) is 66.7. The smallest absolute Gasteiger partial charge is 0.326 e. The zero-order chi connectivity index (χ0) is 78.5. The summed E-state index contributed by atoms with van der Waals surface area (Å²) in [5.74, 6) is -17.5. The molecule has 1 aromatic rings. The van der Waals surface area contributed by atoms with Gasteiger partial charge in [0.25, 0.3) is 0 Å². The molecule has 590 valence electrons. The molecule has 22 N–H and O–H groups in total. The van der Waals surface area contributed by atoms with Crippen molar-refractivity contribution in [1.82, 2.24) is 67.9 Å². The zero-order valence-corrected chi connectivity index (χ0v) is 62.1. The molecule has 5 rings (SSSR count). The zero-order valence-electron chi connectivity index (χ0n) is 60.4. The number of aliphatic carboxylic acids is 2. The number of aliphatic imine (C=N–C) groups is 1. The number of rotatable bonds is 28. The second-order valence-electron chi connectivity index (χ2n) is 26.8. The molecule has 0 radical (unpaired) electrons. The average Bonchev–Trinajstić information content (AvgIpc) is 1.61. The summed E-state index contributed by atoms with van der Waals surface area (Å²) in [4.78, 5) is 220. The van der Waals surface area contributed by atoms with Crippen LogP contribution < -0.4 is 76.1 Å². The molecule has 39 heteroatoms. The van der Waals surface area contributed by atoms with E-state index in [0.717, 1.165) is 33.4 Å². The fourth-order valence-corrected chi connectivity index (χ4v) is 15.0. The highest BCUT2D eigenvalue weighted by atomic mass is 33.1. The van der Waals surface area contributed by atoms with Gasteiger partial charge in [-0.3, -0.25) is 72.1 Å². The van der Waals surface area contributed by atoms with Crippen LogP contribution in [0, 0.1) is 11.8 Å². The van der Waals surface area contributed by atoms with Crippen LogP contribution in [0.3, 0.4) is 0 Å². The first-order valence-corrected chi connectivity index (χ1v) is 38.3. The van der Waals surface area contributed by atoms with Crippen LogP contribution in [-0.2, 0) is 78.3 Å². The summed E-state index contributed by atoms with van der Waals surface area (Å²) in [7, 11) is 1.65. The van der Waals surface area contributed by atoms with Crippen molar-refractivity contribution in [3.63, 3.8) is 0 Å². The summed E-state index contributed by atoms with van der Waals surface area (Å²) in [6.45, 7) is 6.56. The predicted octanol–water partition coefficient (Wildman–Crippen LogP) is -5.39. The maximum Gasteiger partial charge on any atom is 0.326 e. The fourth-order valence-electron chi connectivity index (χ4n) is 12.6. The Balaban J connectivity index is 1.65. The van der Waals surface area contributed by atoms with Crippen molar-refractivity contribution in [1.29, 1.82) is 0 Å². The molecular formula is C67H106N18O19S2. The van der Waals surface area contributed by atoms with Crippen molar-refractivity contribution < 1.29 is 92.3 Å². The van der Waals surface area contributed by atoms with Crippen molar-refractivity contribution in [3.05, 3.63) is 35.9 Å². The Morgan fingerprint density at radius 1 is 0.632 bits per heavy atom. The van der Waals surface area contributed by atoms with Crippen LogP contribution in [0.15, 0.2) is 35.3 Å². The topological polar surface area (TPSA) is 583 Å². The van der Waals surface area contributed by atoms with Gasteiger partial charge in [0.1, 0.15) is 78.5 Å². The standard InChI is InChI=1S/C67H106N18O19S2/c1-6-35(3)51-61(98)79-44(57(94)75-41(29-38-17-9-8-10-18-38)63(100)83-26-14-21-46(83)59(96)76-42(66(103)104)30-50(89)90)33-105-106-34-45(78-54(91)39(73-49(88)31-69)20-13-25-72-67(70)71)58(95)82-53(37(5)87)62(99)74-40(19-11-12-24-68)55(92)77-43(32-86)56(93)81-52(36(4)7-2)65(102)85-28-16-23-48(85)64(101)84-27-15-22-47(84)60(97)80-51/h8-10,17-18,35-37,39-48,51-53,86-87H,6-7,11-16,19-34,68-69H2,1-5H3,(H,73,88)(H,74,99)(H,75,94)(H,76,96)(H,77,92)(H,78,91)(H,79,98)(H,80,97)(H,81,93)(H,82,95)(H,89,90)(H,103,104)(H4,70,71,72)/t35-,36-,37+,39-,40-,41-,42-,43-,44-,45-,46-,47-,48-,51-,52-,53-/m0/s1. The quantitative estimate of drug-likeness (QED) is 0.0161. The van der Waals surface area contributed by atoms with Crippen LogP contribution in [-0.4, -0.2) is 272 Å². The minimum Gasteiger partial charge on any atom is -0.481 e. The number of fused-ring (bicyclic) bond motifs is 2. The minimum atomic E-state index is -1.92. The van der Waals surface area contributed by atoms with Crippen LogP contribution in [0.2, 0.25) is 0 Å². The third-order valence-electron chi connectivity index (χ3n) is 19.0. The molecule has 4 fully saturated rings. The van der Waals surface area contributed by atoms with E-state index in [9.17, 15) is 78.0 Å². The number of carbonyl (C=O) groups is 15. The van der Waals surface area contributed by atoms with E-state index in [4.69, 9.17) is 22.9 Å². The van der Waals surface area contributed by atoms with Gasteiger partial charge in [-0.25, -0.2) is 4.79 Å². The van der Waals surface area contributed by atoms with Gasteiger partial charge in [0.2, 0.25) is 76.8 Å². The van der Waals surface area contributed by atoms with Crippen molar-refractivity contribution in [2.75, 3.05) is 57.4 Å². The van der Waals surface area contributed by atoms with Gasteiger partial charge in [0, 0.05) is 44.1 Å². The largest absolute Gasteiger partial charge is 0.481 e. The summed E-state index contributed by atoms with van der Waals surface area (Å²) >= 11 is 0. The van der Waals surface area contributed by atoms with Crippen LogP contribution in [0.5, 0.6) is 0 Å². The van der Waals surface area contributed by atoms with Gasteiger partial charge in [-0.05, 0) is 101 Å². The third-order valence-corrected chi connectivity index (χ3v) is 21.4. The van der Waals surface area contributed by atoms with E-state index in [1.165, 1.54) is 9.80 Å². The van der Waals surface area contributed by atoms with Crippen LogP contribution in [0.4, 0.5) is 0 Å². The lowest BCUT2D eigenvalue weighted by atomic mass is 9.96. The number of guanidine groups is 1. The number of unbranched alkanes of at least 4 members (excludes halogenated alkanes) is 1. The lowest BCUT2D eigenvalue weighted by Crippen LogP contribution is -2.62. The fraction of sp³-hybridized carbons (Fsp3) is 0.672. The summed E-state index contributed by atoms with van der Waals surface area (Å²) in [6, 6.07) is -11.5. The molecule has 0 aliphatic carbocycles. The van der Waals surface area contributed by atoms with E-state index in [-0.39, 0.29) is 103 Å². The van der Waals surface area contributed by atoms with E-state index < -0.39 is 216 Å². The number of aliphatic hydroxyl groups is 2. The Morgan fingerprint density at radius 3 is 1.83 bits per heavy atom. The van der Waals surface area contributed by atoms with Gasteiger partial charge in [-0.15, -0.1) is 0 Å². The Bertz CT molecular complexity index is 3280. The Kier molecular flexibility index (Phi) is 36.1. The van der Waals surface area contributed by atoms with E-state index in [0.29, 0.717) is 31.2 Å². The number of carboxylic acids is 2. The van der Waals surface area contributed by atoms with Crippen LogP contribution >= 0.6 is 21.6 Å². The predicted molar refractivity (Wildman–Crippen MR) is 388 cm³/mol. The molecule has 1 aromatic carbocycles. The first kappa shape index (κ1) is 87.7. The number of carboxylic acid groups (broad SMARTS) is 2. The number of benzene rings is 1. The average molecular weight is 1530 g/mol. The molecule has 4 saturated heterocycles. The van der Waals surface area contributed by atoms with E-state index in [1.54, 1.807) is 58.0 Å². The summed E-state index contributed by atoms with van der Waals surface area (Å²) in [6.07, 6.45) is -0.850. The number of nitrogens with zero attached hydrogens (tertiary/aromatic N) is 4. The molecule has 0 spiro atoms. The monoisotopic (exact) mass is 1530 g/mol. The molecule has 0 saturated carbocycles. The number of amides is 13. The molecule has 0 aromatic heterocycles. The highest BCUT2D eigenvalue weighted by Crippen LogP contribution is 2.29. The lowest BCUT2D eigenvalue weighted by molar-refractivity contribution is -0.149. The van der Waals surface area contributed by atoms with Gasteiger partial charge in [-0.1, -0.05) is 92.5 Å². The first-order valence-electron chi connectivity index (χ1n) is 35.8. The lowest BCUT2D eigenvalue weighted by Gasteiger charge is -2.35. The number of nitrogens with one attached hydrogen (secondary N) is 10. The van der Waals surface area contributed by atoms with Crippen molar-refractivity contribution in [2.24, 2.45) is 39.8 Å². The first-order chi connectivity index (χ1) is 50.4. The van der Waals surface area contributed by atoms with Gasteiger partial charge in [0.05, 0.1) is 25.7 Å². The molecule has 4 aliphatic heterocycles. The van der Waals surface area contributed by atoms with Crippen LogP contribution in [0.1, 0.15) is 130 Å². The van der Waals surface area contributed by atoms with Gasteiger partial charge in [0.15, 0.2) is 5.96 Å². The number of likely N-dealkylation sites (tertiary alicyclic amines) is 1. The number of carbonyl (C=O) groups excluding carboxylic acids is 13. The van der Waals surface area contributed by atoms with Gasteiger partial charge in [-0.2, -0.15) is 0 Å². The molecule has 0 bridgehead atoms. The van der Waals surface area contributed by atoms with Crippen molar-refractivity contribution in [3.8, 4) is 0 Å². The molecule has 106 heavy (non-hydrogen) atoms. The molecule has 16 atom stereocenters. The maximum atomic E-state index is 15.3. The number of hydrogen-bond acceptors (Lipinski definition) is 22. The summed E-state index contributed by atoms with van der Waals surface area (Å²) < 4.78 is 0. The third kappa shape index (κ3) is 26.0. The SMILES string of the molecule is CC[C@H](C)[C@@H]1NC(=O)[C@@H]2CCCN2C(=O)[C@@H]2CCCN2C(=O)[C@H]([C@@H](C)CC)NC(=O)[C@H](CO)NC(=O)[C@H](CCCCN)NC(=O)[C@H]([C@@H](C)O)NC(=O)[C@@H](NC(=O)[C@H](CCCN=C(N)N)NC(=O)CN)CSSC[C@@H](C(=O)N[C@@H](Cc2ccccc2)C(=O)N2CCC[C@H]2C(=O)N[C@@H](CC(=O)O)C(=O)O)NC1=O. The van der Waals surface area contributed by atoms with Gasteiger partial charge >= 0.3 is 11.9 Å². The Morgan fingerprint density at radius 2 is 1.22 bits per heavy atom. The van der Waals surface area contributed by atoms with Crippen LogP contribution in [0.25, 0.3) is 0 Å². The Hall–Kier alpha value is -8.92. The van der Waals surface area contributed by atoms with Crippen molar-refractivity contribution in [2.45, 2.75) is 216 Å². The number of aliphatic hydroxyl groups excluding tert-OH is 2. The highest BCUT2D eigenvalue weighted by molar-refractivity contribution is 8.76. The van der Waals surface area contributed by atoms with E-state index in [1.807, 2.05) is 0 Å². The number of nitrogens with two attached hydrogens (primary N) is 4. The highest BCUT2D eigenvalue weighted by Gasteiger charge is 2.47. The van der Waals surface area contributed by atoms with E-state index in [2.05, 4.69) is 58.2 Å². The molecule has 13 amide bonds.